The normalized spacial score (nSPS) is 14.2. The lowest BCUT2D eigenvalue weighted by atomic mass is 10.1. The van der Waals surface area contributed by atoms with E-state index in [1.165, 1.54) is 0 Å². The van der Waals surface area contributed by atoms with Crippen molar-refractivity contribution in [3.05, 3.63) is 23.5 Å². The van der Waals surface area contributed by atoms with Crippen LogP contribution in [0.4, 0.5) is 0 Å². The number of aryl methyl sites for hydroxylation is 1. The lowest BCUT2D eigenvalue weighted by Crippen LogP contribution is -2.31. The highest BCUT2D eigenvalue weighted by molar-refractivity contribution is 7.85. The van der Waals surface area contributed by atoms with Crippen LogP contribution in [-0.2, 0) is 21.3 Å². The minimum Gasteiger partial charge on any atom is -0.497 e. The molecule has 1 rings (SSSR count). The van der Waals surface area contributed by atoms with Crippen LogP contribution in [0, 0.1) is 12.8 Å². The third-order valence-electron chi connectivity index (χ3n) is 2.64. The smallest absolute Gasteiger partial charge is 0.319 e. The number of carboxylic acid groups (broad SMARTS) is 1. The maximum atomic E-state index is 12.2. The first-order chi connectivity index (χ1) is 8.85. The fraction of sp³-hybridized carbons (Fsp3) is 0.538. The van der Waals surface area contributed by atoms with Crippen LogP contribution in [0.3, 0.4) is 0 Å². The highest BCUT2D eigenvalue weighted by Crippen LogP contribution is 2.18. The van der Waals surface area contributed by atoms with Crippen molar-refractivity contribution in [3.8, 4) is 5.75 Å². The van der Waals surface area contributed by atoms with Gasteiger partial charge in [0, 0.05) is 28.6 Å². The minimum absolute atomic E-state index is 0.118. The molecule has 0 saturated carbocycles. The van der Waals surface area contributed by atoms with Crippen molar-refractivity contribution in [1.82, 2.24) is 4.98 Å². The van der Waals surface area contributed by atoms with Crippen LogP contribution in [0.25, 0.3) is 0 Å². The number of methoxy groups -OCH3 is 1. The van der Waals surface area contributed by atoms with Gasteiger partial charge in [-0.1, -0.05) is 13.8 Å². The van der Waals surface area contributed by atoms with E-state index in [-0.39, 0.29) is 11.7 Å². The number of carboxylic acids is 1. The molecule has 0 aliphatic carbocycles. The molecule has 0 aromatic carbocycles. The highest BCUT2D eigenvalue weighted by Gasteiger charge is 2.28. The molecule has 106 valence electrons. The zero-order valence-corrected chi connectivity index (χ0v) is 12.4. The summed E-state index contributed by atoms with van der Waals surface area (Å²) in [6.45, 7) is 5.31. The lowest BCUT2D eigenvalue weighted by molar-refractivity contribution is -0.137. The van der Waals surface area contributed by atoms with Gasteiger partial charge in [0.2, 0.25) is 0 Å². The molecule has 0 fully saturated rings. The summed E-state index contributed by atoms with van der Waals surface area (Å²) in [5, 5.41) is 8.23. The number of aromatic nitrogens is 1. The summed E-state index contributed by atoms with van der Waals surface area (Å²) in [6.07, 6.45) is 0. The molecule has 0 radical (unpaired) electrons. The van der Waals surface area contributed by atoms with E-state index in [9.17, 15) is 9.00 Å². The van der Waals surface area contributed by atoms with Crippen molar-refractivity contribution in [3.63, 3.8) is 0 Å². The molecule has 19 heavy (non-hydrogen) atoms. The van der Waals surface area contributed by atoms with E-state index in [0.29, 0.717) is 11.4 Å². The van der Waals surface area contributed by atoms with E-state index in [2.05, 4.69) is 4.98 Å². The molecule has 1 aromatic rings. The molecule has 1 aromatic heterocycles. The predicted molar refractivity (Wildman–Crippen MR) is 73.6 cm³/mol. The van der Waals surface area contributed by atoms with Crippen LogP contribution < -0.4 is 4.74 Å². The molecule has 6 heteroatoms. The topological polar surface area (TPSA) is 76.5 Å². The van der Waals surface area contributed by atoms with Crippen molar-refractivity contribution in [2.45, 2.75) is 31.8 Å². The Balaban J connectivity index is 2.92. The fourth-order valence-electron chi connectivity index (χ4n) is 1.83. The van der Waals surface area contributed by atoms with Crippen LogP contribution in [-0.4, -0.2) is 32.6 Å². The summed E-state index contributed by atoms with van der Waals surface area (Å²) < 4.78 is 17.3. The van der Waals surface area contributed by atoms with E-state index in [0.717, 1.165) is 5.69 Å². The Bertz CT molecular complexity index is 488. The zero-order chi connectivity index (χ0) is 14.6. The van der Waals surface area contributed by atoms with E-state index in [1.807, 2.05) is 6.92 Å². The van der Waals surface area contributed by atoms with Crippen LogP contribution in [0.15, 0.2) is 12.1 Å². The number of pyridine rings is 1. The quantitative estimate of drug-likeness (QED) is 0.861. The van der Waals surface area contributed by atoms with E-state index in [4.69, 9.17) is 9.84 Å². The first-order valence-electron chi connectivity index (χ1n) is 5.96. The van der Waals surface area contributed by atoms with Crippen LogP contribution in [0.2, 0.25) is 0 Å². The molecule has 2 unspecified atom stereocenters. The molecule has 0 spiro atoms. The average Bonchev–Trinajstić information content (AvgIpc) is 2.26. The SMILES string of the molecule is COc1cc(C)nc(CS(=O)C(C(=O)O)C(C)C)c1. The van der Waals surface area contributed by atoms with Gasteiger partial charge in [0.05, 0.1) is 18.6 Å². The first kappa shape index (κ1) is 15.6. The summed E-state index contributed by atoms with van der Waals surface area (Å²) in [5.41, 5.74) is 1.34. The Labute approximate surface area is 115 Å². The second-order valence-corrected chi connectivity index (χ2v) is 6.23. The summed E-state index contributed by atoms with van der Waals surface area (Å²) in [4.78, 5) is 15.4. The van der Waals surface area contributed by atoms with Crippen molar-refractivity contribution in [2.24, 2.45) is 5.92 Å². The van der Waals surface area contributed by atoms with Gasteiger partial charge in [-0.3, -0.25) is 14.0 Å². The average molecular weight is 285 g/mol. The Kier molecular flexibility index (Phi) is 5.47. The maximum absolute atomic E-state index is 12.2. The Hall–Kier alpha value is -1.43. The van der Waals surface area contributed by atoms with Crippen LogP contribution in [0.5, 0.6) is 5.75 Å². The predicted octanol–water partition coefficient (Wildman–Crippen LogP) is 1.76. The summed E-state index contributed by atoms with van der Waals surface area (Å²) >= 11 is 0. The number of nitrogens with zero attached hydrogens (tertiary/aromatic N) is 1. The monoisotopic (exact) mass is 285 g/mol. The molecule has 2 atom stereocenters. The van der Waals surface area contributed by atoms with Crippen molar-refractivity contribution < 1.29 is 18.8 Å². The molecular formula is C13H19NO4S. The largest absolute Gasteiger partial charge is 0.497 e. The van der Waals surface area contributed by atoms with Crippen molar-refractivity contribution in [2.75, 3.05) is 7.11 Å². The van der Waals surface area contributed by atoms with Gasteiger partial charge in [-0.25, -0.2) is 0 Å². The second-order valence-electron chi connectivity index (χ2n) is 4.67. The van der Waals surface area contributed by atoms with Crippen LogP contribution >= 0.6 is 0 Å². The molecular weight excluding hydrogens is 266 g/mol. The van der Waals surface area contributed by atoms with E-state index in [1.54, 1.807) is 33.1 Å². The second kappa shape index (κ2) is 6.65. The number of hydrogen-bond donors (Lipinski definition) is 1. The molecule has 1 N–H and O–H groups in total. The standard InChI is InChI=1S/C13H19NO4S/c1-8(2)12(13(15)16)19(17)7-10-6-11(18-4)5-9(3)14-10/h5-6,8,12H,7H2,1-4H3,(H,15,16). The zero-order valence-electron chi connectivity index (χ0n) is 11.5. The third-order valence-corrected chi connectivity index (χ3v) is 4.53. The van der Waals surface area contributed by atoms with Crippen molar-refractivity contribution in [1.29, 1.82) is 0 Å². The molecule has 0 amide bonds. The van der Waals surface area contributed by atoms with Crippen molar-refractivity contribution >= 4 is 16.8 Å². The summed E-state index contributed by atoms with van der Waals surface area (Å²) in [5.74, 6) is -0.471. The Morgan fingerprint density at radius 1 is 1.47 bits per heavy atom. The molecule has 5 nitrogen and oxygen atoms in total. The third kappa shape index (κ3) is 4.31. The maximum Gasteiger partial charge on any atom is 0.319 e. The number of aliphatic carboxylic acids is 1. The lowest BCUT2D eigenvalue weighted by Gasteiger charge is -2.15. The van der Waals surface area contributed by atoms with Gasteiger partial charge < -0.3 is 9.84 Å². The number of hydrogen-bond acceptors (Lipinski definition) is 4. The van der Waals surface area contributed by atoms with Gasteiger partial charge in [0.25, 0.3) is 0 Å². The van der Waals surface area contributed by atoms with Crippen LogP contribution in [0.1, 0.15) is 25.2 Å². The number of rotatable bonds is 6. The van der Waals surface area contributed by atoms with E-state index < -0.39 is 22.0 Å². The summed E-state index contributed by atoms with van der Waals surface area (Å²) in [7, 11) is 0.0402. The van der Waals surface area contributed by atoms with Gasteiger partial charge in [-0.2, -0.15) is 0 Å². The Morgan fingerprint density at radius 3 is 2.58 bits per heavy atom. The minimum atomic E-state index is -1.51. The van der Waals surface area contributed by atoms with E-state index >= 15 is 0 Å². The fourth-order valence-corrected chi connectivity index (χ4v) is 3.28. The molecule has 0 bridgehead atoms. The first-order valence-corrected chi connectivity index (χ1v) is 7.35. The van der Waals surface area contributed by atoms with Gasteiger partial charge >= 0.3 is 5.97 Å². The summed E-state index contributed by atoms with van der Waals surface area (Å²) in [6, 6.07) is 3.45. The molecule has 1 heterocycles. The van der Waals surface area contributed by atoms with Gasteiger partial charge in [-0.05, 0) is 12.8 Å². The Morgan fingerprint density at radius 2 is 2.11 bits per heavy atom. The number of carbonyl (C=O) groups is 1. The molecule has 0 aliphatic rings. The molecule has 0 saturated heterocycles. The van der Waals surface area contributed by atoms with Gasteiger partial charge in [0.1, 0.15) is 11.0 Å². The number of ether oxygens (including phenoxy) is 1. The molecule has 0 aliphatic heterocycles. The van der Waals surface area contributed by atoms with Gasteiger partial charge in [-0.15, -0.1) is 0 Å². The highest BCUT2D eigenvalue weighted by atomic mass is 32.2. The van der Waals surface area contributed by atoms with Gasteiger partial charge in [0.15, 0.2) is 0 Å².